The van der Waals surface area contributed by atoms with Crippen molar-refractivity contribution in [3.05, 3.63) is 18.2 Å². The van der Waals surface area contributed by atoms with Gasteiger partial charge in [0.1, 0.15) is 18.1 Å². The summed E-state index contributed by atoms with van der Waals surface area (Å²) in [6.45, 7) is 1.23. The molecule has 1 aromatic rings. The minimum atomic E-state index is -1.51. The molecule has 0 spiro atoms. The second-order valence-electron chi connectivity index (χ2n) is 7.18. The van der Waals surface area contributed by atoms with Crippen LogP contribution in [0, 0.1) is 0 Å². The van der Waals surface area contributed by atoms with Crippen LogP contribution in [0.25, 0.3) is 0 Å². The lowest BCUT2D eigenvalue weighted by atomic mass is 10.1. The lowest BCUT2D eigenvalue weighted by Crippen LogP contribution is -2.58. The van der Waals surface area contributed by atoms with Gasteiger partial charge in [-0.3, -0.25) is 28.8 Å². The van der Waals surface area contributed by atoms with Crippen LogP contribution in [0.5, 0.6) is 0 Å². The summed E-state index contributed by atoms with van der Waals surface area (Å²) >= 11 is 0. The fraction of sp³-hybridized carbons (Fsp3) is 0.500. The zero-order valence-corrected chi connectivity index (χ0v) is 17.7. The molecule has 0 aliphatic rings. The number of carbonyl (C=O) groups is 6. The number of primary amides is 1. The van der Waals surface area contributed by atoms with Gasteiger partial charge >= 0.3 is 11.9 Å². The van der Waals surface area contributed by atoms with Crippen LogP contribution in [0.3, 0.4) is 0 Å². The van der Waals surface area contributed by atoms with E-state index in [-0.39, 0.29) is 12.8 Å². The molecule has 1 rings (SSSR count). The Balaban J connectivity index is 2.97. The van der Waals surface area contributed by atoms with Crippen molar-refractivity contribution >= 4 is 35.6 Å². The molecule has 0 radical (unpaired) electrons. The van der Waals surface area contributed by atoms with Crippen molar-refractivity contribution in [2.75, 3.05) is 0 Å². The number of imidazole rings is 1. The van der Waals surface area contributed by atoms with Gasteiger partial charge in [-0.2, -0.15) is 0 Å². The summed E-state index contributed by atoms with van der Waals surface area (Å²) in [5.74, 6) is -6.11. The molecule has 33 heavy (non-hydrogen) atoms. The molecular weight excluding hydrogens is 442 g/mol. The van der Waals surface area contributed by atoms with E-state index in [4.69, 9.17) is 21.7 Å². The first kappa shape index (κ1) is 27.0. The number of nitrogens with two attached hydrogens (primary N) is 2. The molecule has 15 heteroatoms. The third-order valence-corrected chi connectivity index (χ3v) is 4.39. The van der Waals surface area contributed by atoms with Gasteiger partial charge in [-0.05, 0) is 13.3 Å². The molecule has 0 aromatic carbocycles. The fourth-order valence-electron chi connectivity index (χ4n) is 2.57. The molecule has 4 unspecified atom stereocenters. The summed E-state index contributed by atoms with van der Waals surface area (Å²) < 4.78 is 0. The molecule has 0 aliphatic heterocycles. The van der Waals surface area contributed by atoms with Crippen LogP contribution in [0.1, 0.15) is 31.9 Å². The van der Waals surface area contributed by atoms with Crippen molar-refractivity contribution in [3.8, 4) is 0 Å². The van der Waals surface area contributed by atoms with E-state index in [0.717, 1.165) is 0 Å². The van der Waals surface area contributed by atoms with Crippen LogP contribution in [0.2, 0.25) is 0 Å². The summed E-state index contributed by atoms with van der Waals surface area (Å²) in [4.78, 5) is 77.2. The van der Waals surface area contributed by atoms with Gasteiger partial charge in [-0.1, -0.05) is 0 Å². The number of carboxylic acids is 2. The van der Waals surface area contributed by atoms with Crippen LogP contribution >= 0.6 is 0 Å². The Kier molecular flexibility index (Phi) is 10.4. The molecule has 1 heterocycles. The van der Waals surface area contributed by atoms with Crippen LogP contribution in [-0.4, -0.2) is 79.9 Å². The van der Waals surface area contributed by atoms with Crippen LogP contribution in [-0.2, 0) is 35.2 Å². The normalized spacial score (nSPS) is 14.2. The molecule has 1 aromatic heterocycles. The van der Waals surface area contributed by atoms with Gasteiger partial charge in [0.05, 0.1) is 18.8 Å². The molecule has 10 N–H and O–H groups in total. The van der Waals surface area contributed by atoms with E-state index in [1.165, 1.54) is 19.4 Å². The number of rotatable bonds is 14. The molecule has 182 valence electrons. The standard InChI is InChI=1S/C18H27N7O8/c1-8(18(32)33)23-16(30)11(4-9-6-21-7-22-9)25-17(31)12(5-13(20)26)24-15(29)10(19)2-3-14(27)28/h6-8,10-12H,2-5,19H2,1H3,(H2,20,26)(H,21,22)(H,23,30)(H,24,29)(H,25,31)(H,27,28)(H,32,33). The van der Waals surface area contributed by atoms with E-state index in [2.05, 4.69) is 25.9 Å². The van der Waals surface area contributed by atoms with Gasteiger partial charge in [0, 0.05) is 24.7 Å². The minimum Gasteiger partial charge on any atom is -0.481 e. The maximum atomic E-state index is 12.8. The van der Waals surface area contributed by atoms with E-state index in [9.17, 15) is 28.8 Å². The Bertz CT molecular complexity index is 873. The Morgan fingerprint density at radius 3 is 2.15 bits per heavy atom. The van der Waals surface area contributed by atoms with E-state index in [1.54, 1.807) is 0 Å². The number of aromatic nitrogens is 2. The zero-order chi connectivity index (χ0) is 25.1. The Labute approximate surface area is 187 Å². The smallest absolute Gasteiger partial charge is 0.325 e. The first-order valence-corrected chi connectivity index (χ1v) is 9.77. The third-order valence-electron chi connectivity index (χ3n) is 4.39. The van der Waals surface area contributed by atoms with Gasteiger partial charge < -0.3 is 42.6 Å². The average Bonchev–Trinajstić information content (AvgIpc) is 3.23. The molecular formula is C18H27N7O8. The number of H-pyrrole nitrogens is 1. The number of hydrogen-bond donors (Lipinski definition) is 8. The number of aliphatic carboxylic acids is 2. The van der Waals surface area contributed by atoms with Crippen LogP contribution in [0.15, 0.2) is 12.5 Å². The van der Waals surface area contributed by atoms with Gasteiger partial charge in [0.25, 0.3) is 0 Å². The summed E-state index contributed by atoms with van der Waals surface area (Å²) in [5.41, 5.74) is 11.2. The van der Waals surface area contributed by atoms with Crippen LogP contribution < -0.4 is 27.4 Å². The maximum absolute atomic E-state index is 12.8. The quantitative estimate of drug-likeness (QED) is 0.134. The Hall–Kier alpha value is -4.01. The largest absolute Gasteiger partial charge is 0.481 e. The highest BCUT2D eigenvalue weighted by Gasteiger charge is 2.30. The monoisotopic (exact) mass is 469 g/mol. The molecule has 0 aliphatic carbocycles. The van der Waals surface area contributed by atoms with Crippen molar-refractivity contribution in [3.63, 3.8) is 0 Å². The third kappa shape index (κ3) is 9.77. The van der Waals surface area contributed by atoms with Crippen molar-refractivity contribution in [2.24, 2.45) is 11.5 Å². The zero-order valence-electron chi connectivity index (χ0n) is 17.7. The van der Waals surface area contributed by atoms with Gasteiger partial charge in [0.2, 0.25) is 23.6 Å². The summed E-state index contributed by atoms with van der Waals surface area (Å²) in [6, 6.07) is -5.34. The highest BCUT2D eigenvalue weighted by molar-refractivity contribution is 5.96. The van der Waals surface area contributed by atoms with E-state index in [1.807, 2.05) is 0 Å². The number of carboxylic acid groups (broad SMARTS) is 2. The molecule has 0 bridgehead atoms. The number of nitrogens with one attached hydrogen (secondary N) is 4. The Morgan fingerprint density at radius 1 is 1.03 bits per heavy atom. The predicted octanol–water partition coefficient (Wildman–Crippen LogP) is -3.42. The van der Waals surface area contributed by atoms with Gasteiger partial charge in [-0.25, -0.2) is 4.98 Å². The average molecular weight is 469 g/mol. The van der Waals surface area contributed by atoms with E-state index < -0.39 is 72.6 Å². The lowest BCUT2D eigenvalue weighted by Gasteiger charge is -2.24. The molecule has 0 saturated carbocycles. The molecule has 4 amide bonds. The molecule has 15 nitrogen and oxygen atoms in total. The van der Waals surface area contributed by atoms with Gasteiger partial charge in [-0.15, -0.1) is 0 Å². The topological polar surface area (TPSA) is 260 Å². The lowest BCUT2D eigenvalue weighted by molar-refractivity contribution is -0.142. The number of aromatic amines is 1. The Morgan fingerprint density at radius 2 is 1.64 bits per heavy atom. The highest BCUT2D eigenvalue weighted by atomic mass is 16.4. The second kappa shape index (κ2) is 12.7. The van der Waals surface area contributed by atoms with Crippen molar-refractivity contribution in [1.29, 1.82) is 0 Å². The van der Waals surface area contributed by atoms with Crippen molar-refractivity contribution < 1.29 is 39.0 Å². The van der Waals surface area contributed by atoms with Crippen molar-refractivity contribution in [2.45, 2.75) is 56.8 Å². The van der Waals surface area contributed by atoms with Crippen LogP contribution in [0.4, 0.5) is 0 Å². The predicted molar refractivity (Wildman–Crippen MR) is 110 cm³/mol. The number of carbonyl (C=O) groups excluding carboxylic acids is 4. The SMILES string of the molecule is CC(NC(=O)C(Cc1cnc[nH]1)NC(=O)C(CC(N)=O)NC(=O)C(N)CCC(=O)O)C(=O)O. The number of amides is 4. The number of nitrogens with zero attached hydrogens (tertiary/aromatic N) is 1. The van der Waals surface area contributed by atoms with Gasteiger partial charge in [0.15, 0.2) is 0 Å². The molecule has 0 saturated heterocycles. The molecule has 0 fully saturated rings. The van der Waals surface area contributed by atoms with Crippen molar-refractivity contribution in [1.82, 2.24) is 25.9 Å². The summed E-state index contributed by atoms with van der Waals surface area (Å²) in [7, 11) is 0. The number of hydrogen-bond acceptors (Lipinski definition) is 8. The minimum absolute atomic E-state index is 0.112. The molecule has 4 atom stereocenters. The summed E-state index contributed by atoms with van der Waals surface area (Å²) in [6.07, 6.45) is 1.36. The van der Waals surface area contributed by atoms with E-state index >= 15 is 0 Å². The first-order valence-electron chi connectivity index (χ1n) is 9.77. The van der Waals surface area contributed by atoms with E-state index in [0.29, 0.717) is 5.69 Å². The fourth-order valence-corrected chi connectivity index (χ4v) is 2.57. The maximum Gasteiger partial charge on any atom is 0.325 e. The highest BCUT2D eigenvalue weighted by Crippen LogP contribution is 2.03. The second-order valence-corrected chi connectivity index (χ2v) is 7.18. The summed E-state index contributed by atoms with van der Waals surface area (Å²) in [5, 5.41) is 24.5. The first-order chi connectivity index (χ1) is 15.4.